The number of halogens is 1. The molecule has 1 fully saturated rings. The standard InChI is InChI=1S/C21H27FN2O2S/c1-15-11-18(16(2)26-15)13-24-9-7-17(8-10-24)12-23-21(25)14-27-20-5-3-19(22)4-6-20/h3-6,11,17H,7-10,12-14H2,1-2H3,(H,23,25). The average molecular weight is 391 g/mol. The monoisotopic (exact) mass is 390 g/mol. The molecule has 1 aromatic carbocycles. The Bertz CT molecular complexity index is 752. The molecule has 27 heavy (non-hydrogen) atoms. The van der Waals surface area contributed by atoms with Gasteiger partial charge in [0.2, 0.25) is 5.91 Å². The third-order valence-electron chi connectivity index (χ3n) is 5.02. The van der Waals surface area contributed by atoms with Crippen molar-refractivity contribution in [1.82, 2.24) is 10.2 Å². The number of benzene rings is 1. The molecule has 1 saturated heterocycles. The van der Waals surface area contributed by atoms with Gasteiger partial charge in [0.25, 0.3) is 0 Å². The van der Waals surface area contributed by atoms with Crippen molar-refractivity contribution >= 4 is 17.7 Å². The first-order valence-electron chi connectivity index (χ1n) is 9.43. The highest BCUT2D eigenvalue weighted by Crippen LogP contribution is 2.22. The Kier molecular flexibility index (Phi) is 6.96. The van der Waals surface area contributed by atoms with E-state index in [9.17, 15) is 9.18 Å². The zero-order valence-electron chi connectivity index (χ0n) is 16.0. The fraction of sp³-hybridized carbons (Fsp3) is 0.476. The van der Waals surface area contributed by atoms with E-state index < -0.39 is 0 Å². The Balaban J connectivity index is 1.33. The van der Waals surface area contributed by atoms with Gasteiger partial charge in [-0.25, -0.2) is 4.39 Å². The Morgan fingerprint density at radius 3 is 2.59 bits per heavy atom. The van der Waals surface area contributed by atoms with Gasteiger partial charge in [0.15, 0.2) is 0 Å². The zero-order valence-corrected chi connectivity index (χ0v) is 16.8. The first-order valence-corrected chi connectivity index (χ1v) is 10.4. The quantitative estimate of drug-likeness (QED) is 0.721. The molecule has 1 aromatic heterocycles. The fourth-order valence-electron chi connectivity index (χ4n) is 3.42. The number of carbonyl (C=O) groups is 1. The van der Waals surface area contributed by atoms with Crippen LogP contribution in [0.2, 0.25) is 0 Å². The predicted molar refractivity (Wildman–Crippen MR) is 106 cm³/mol. The summed E-state index contributed by atoms with van der Waals surface area (Å²) in [5.74, 6) is 2.67. The molecule has 0 atom stereocenters. The van der Waals surface area contributed by atoms with Gasteiger partial charge in [-0.3, -0.25) is 9.69 Å². The van der Waals surface area contributed by atoms with Gasteiger partial charge in [-0.05, 0) is 76.0 Å². The smallest absolute Gasteiger partial charge is 0.230 e. The van der Waals surface area contributed by atoms with Crippen molar-refractivity contribution in [2.75, 3.05) is 25.4 Å². The van der Waals surface area contributed by atoms with Crippen LogP contribution in [-0.4, -0.2) is 36.2 Å². The van der Waals surface area contributed by atoms with E-state index in [2.05, 4.69) is 16.3 Å². The van der Waals surface area contributed by atoms with Crippen LogP contribution in [0.5, 0.6) is 0 Å². The van der Waals surface area contributed by atoms with E-state index in [0.717, 1.165) is 55.4 Å². The number of amides is 1. The molecular weight excluding hydrogens is 363 g/mol. The Morgan fingerprint density at radius 2 is 1.96 bits per heavy atom. The lowest BCUT2D eigenvalue weighted by Gasteiger charge is -2.31. The number of nitrogens with zero attached hydrogens (tertiary/aromatic N) is 1. The molecule has 2 aromatic rings. The number of piperidine rings is 1. The second-order valence-corrected chi connectivity index (χ2v) is 8.25. The van der Waals surface area contributed by atoms with Crippen molar-refractivity contribution in [3.05, 3.63) is 53.2 Å². The van der Waals surface area contributed by atoms with Crippen LogP contribution in [0.15, 0.2) is 39.6 Å². The molecule has 1 N–H and O–H groups in total. The van der Waals surface area contributed by atoms with Gasteiger partial charge in [0.05, 0.1) is 5.75 Å². The largest absolute Gasteiger partial charge is 0.466 e. The first kappa shape index (κ1) is 20.0. The van der Waals surface area contributed by atoms with Gasteiger partial charge < -0.3 is 9.73 Å². The number of aryl methyl sites for hydroxylation is 2. The van der Waals surface area contributed by atoms with E-state index in [1.54, 1.807) is 12.1 Å². The molecular formula is C21H27FN2O2S. The van der Waals surface area contributed by atoms with Crippen molar-refractivity contribution in [3.63, 3.8) is 0 Å². The molecule has 1 aliphatic heterocycles. The number of nitrogens with one attached hydrogen (secondary N) is 1. The summed E-state index contributed by atoms with van der Waals surface area (Å²) < 4.78 is 18.5. The Labute approximate surface area is 164 Å². The maximum atomic E-state index is 12.9. The van der Waals surface area contributed by atoms with Gasteiger partial charge in [-0.2, -0.15) is 0 Å². The fourth-order valence-corrected chi connectivity index (χ4v) is 4.15. The highest BCUT2D eigenvalue weighted by Gasteiger charge is 2.21. The van der Waals surface area contributed by atoms with Crippen LogP contribution < -0.4 is 5.32 Å². The van der Waals surface area contributed by atoms with Gasteiger partial charge in [-0.15, -0.1) is 11.8 Å². The van der Waals surface area contributed by atoms with Crippen molar-refractivity contribution in [2.45, 2.75) is 38.1 Å². The first-order chi connectivity index (χ1) is 13.0. The number of thioether (sulfide) groups is 1. The molecule has 2 heterocycles. The molecule has 146 valence electrons. The summed E-state index contributed by atoms with van der Waals surface area (Å²) in [5.41, 5.74) is 1.28. The second kappa shape index (κ2) is 9.42. The summed E-state index contributed by atoms with van der Waals surface area (Å²) >= 11 is 1.43. The summed E-state index contributed by atoms with van der Waals surface area (Å²) in [6, 6.07) is 8.36. The number of carbonyl (C=O) groups excluding carboxylic acids is 1. The molecule has 0 unspecified atom stereocenters. The van der Waals surface area contributed by atoms with E-state index in [4.69, 9.17) is 4.42 Å². The summed E-state index contributed by atoms with van der Waals surface area (Å²) in [6.45, 7) is 7.79. The number of hydrogen-bond acceptors (Lipinski definition) is 4. The van der Waals surface area contributed by atoms with Gasteiger partial charge >= 0.3 is 0 Å². The molecule has 3 rings (SSSR count). The highest BCUT2D eigenvalue weighted by atomic mass is 32.2. The van der Waals surface area contributed by atoms with Crippen LogP contribution in [0.3, 0.4) is 0 Å². The number of furan rings is 1. The number of likely N-dealkylation sites (tertiary alicyclic amines) is 1. The maximum Gasteiger partial charge on any atom is 0.230 e. The van der Waals surface area contributed by atoms with Gasteiger partial charge in [0, 0.05) is 23.5 Å². The number of rotatable bonds is 7. The second-order valence-electron chi connectivity index (χ2n) is 7.20. The molecule has 0 bridgehead atoms. The van der Waals surface area contributed by atoms with Crippen LogP contribution in [0, 0.1) is 25.6 Å². The molecule has 0 saturated carbocycles. The van der Waals surface area contributed by atoms with E-state index in [-0.39, 0.29) is 11.7 Å². The molecule has 0 radical (unpaired) electrons. The predicted octanol–water partition coefficient (Wildman–Crippen LogP) is 4.16. The third-order valence-corrected chi connectivity index (χ3v) is 6.03. The van der Waals surface area contributed by atoms with Gasteiger partial charge in [0.1, 0.15) is 17.3 Å². The number of hydrogen-bond donors (Lipinski definition) is 1. The highest BCUT2D eigenvalue weighted by molar-refractivity contribution is 8.00. The van der Waals surface area contributed by atoms with Crippen LogP contribution >= 0.6 is 11.8 Å². The van der Waals surface area contributed by atoms with Crippen LogP contribution in [-0.2, 0) is 11.3 Å². The summed E-state index contributed by atoms with van der Waals surface area (Å²) in [7, 11) is 0. The summed E-state index contributed by atoms with van der Waals surface area (Å²) in [5, 5.41) is 3.04. The average Bonchev–Trinajstić information content (AvgIpc) is 2.97. The molecule has 4 nitrogen and oxygen atoms in total. The lowest BCUT2D eigenvalue weighted by atomic mass is 9.96. The minimum absolute atomic E-state index is 0.0382. The molecule has 1 amide bonds. The summed E-state index contributed by atoms with van der Waals surface area (Å²) in [4.78, 5) is 15.4. The minimum Gasteiger partial charge on any atom is -0.466 e. The SMILES string of the molecule is Cc1cc(CN2CCC(CNC(=O)CSc3ccc(F)cc3)CC2)c(C)o1. The lowest BCUT2D eigenvalue weighted by molar-refractivity contribution is -0.118. The molecule has 0 spiro atoms. The van der Waals surface area contributed by atoms with Crippen LogP contribution in [0.4, 0.5) is 4.39 Å². The Hall–Kier alpha value is -1.79. The molecule has 0 aliphatic carbocycles. The lowest BCUT2D eigenvalue weighted by Crippen LogP contribution is -2.38. The van der Waals surface area contributed by atoms with Crippen LogP contribution in [0.1, 0.15) is 29.9 Å². The van der Waals surface area contributed by atoms with E-state index in [0.29, 0.717) is 11.7 Å². The summed E-state index contributed by atoms with van der Waals surface area (Å²) in [6.07, 6.45) is 2.20. The normalized spacial score (nSPS) is 15.8. The van der Waals surface area contributed by atoms with Crippen molar-refractivity contribution in [2.24, 2.45) is 5.92 Å². The zero-order chi connectivity index (χ0) is 19.2. The van der Waals surface area contributed by atoms with Gasteiger partial charge in [-0.1, -0.05) is 0 Å². The van der Waals surface area contributed by atoms with Crippen molar-refractivity contribution in [3.8, 4) is 0 Å². The molecule has 6 heteroatoms. The van der Waals surface area contributed by atoms with Crippen molar-refractivity contribution < 1.29 is 13.6 Å². The van der Waals surface area contributed by atoms with Crippen molar-refractivity contribution in [1.29, 1.82) is 0 Å². The Morgan fingerprint density at radius 1 is 1.26 bits per heavy atom. The van der Waals surface area contributed by atoms with Crippen LogP contribution in [0.25, 0.3) is 0 Å². The maximum absolute atomic E-state index is 12.9. The van der Waals surface area contributed by atoms with E-state index >= 15 is 0 Å². The third kappa shape index (κ3) is 6.11. The van der Waals surface area contributed by atoms with E-state index in [1.165, 1.54) is 29.5 Å². The molecule has 1 aliphatic rings. The van der Waals surface area contributed by atoms with E-state index in [1.807, 2.05) is 13.8 Å². The topological polar surface area (TPSA) is 45.5 Å². The minimum atomic E-state index is -0.256.